The average molecular weight is 312 g/mol. The van der Waals surface area contributed by atoms with Crippen molar-refractivity contribution in [1.29, 1.82) is 0 Å². The van der Waals surface area contributed by atoms with Gasteiger partial charge in [-0.25, -0.2) is 7.11 Å². The fourth-order valence-electron chi connectivity index (χ4n) is 1.33. The van der Waals surface area contributed by atoms with Crippen LogP contribution in [0.15, 0.2) is 0 Å². The first-order chi connectivity index (χ1) is 4.33. The monoisotopic (exact) mass is 312 g/mol. The van der Waals surface area contributed by atoms with Crippen molar-refractivity contribution in [3.8, 4) is 0 Å². The number of rotatable bonds is 2. The van der Waals surface area contributed by atoms with Gasteiger partial charge in [0.05, 0.1) is 0 Å². The Morgan fingerprint density at radius 1 is 1.64 bits per heavy atom. The van der Waals surface area contributed by atoms with E-state index in [1.165, 1.54) is 19.5 Å². The van der Waals surface area contributed by atoms with E-state index >= 15 is 0 Å². The van der Waals surface area contributed by atoms with Crippen molar-refractivity contribution < 1.29 is 41.6 Å². The van der Waals surface area contributed by atoms with Gasteiger partial charge in [-0.3, -0.25) is 0 Å². The molecule has 0 aromatic carbocycles. The van der Waals surface area contributed by atoms with Crippen LogP contribution in [0.1, 0.15) is 6.42 Å². The maximum atomic E-state index is 4.80. The Bertz CT molecular complexity index is 88.2. The number of nitrogens with zero attached hydrogens (tertiary/aromatic N) is 1. The molecule has 1 atom stereocenters. The van der Waals surface area contributed by atoms with Crippen molar-refractivity contribution in [2.24, 2.45) is 5.92 Å². The van der Waals surface area contributed by atoms with E-state index < -0.39 is 0 Å². The fraction of sp³-hybridized carbons (Fsp3) is 0.750. The first-order valence-corrected chi connectivity index (χ1v) is 3.38. The second-order valence-electron chi connectivity index (χ2n) is 2.79. The minimum atomic E-state index is 0. The number of hydrogen-bond donors (Lipinski definition) is 0. The standard InChI is InChI=1S/C7H14NO.CH3.Tm/c1-8-4-3-7(5-8)6-9-2;;/h7H,2-6H2,1H3;1H3;/q2*-1;. The normalized spacial score (nSPS) is 24.0. The van der Waals surface area contributed by atoms with Gasteiger partial charge >= 0.3 is 0 Å². The summed E-state index contributed by atoms with van der Waals surface area (Å²) in [6.07, 6.45) is 1.27. The third-order valence-corrected chi connectivity index (χ3v) is 1.84. The molecule has 0 aromatic rings. The van der Waals surface area contributed by atoms with Crippen LogP contribution in [0.3, 0.4) is 0 Å². The summed E-state index contributed by atoms with van der Waals surface area (Å²) in [5, 5.41) is 0. The second kappa shape index (κ2) is 7.78. The molecule has 1 rings (SSSR count). The Morgan fingerprint density at radius 3 is 2.64 bits per heavy atom. The Morgan fingerprint density at radius 2 is 2.27 bits per heavy atom. The Balaban J connectivity index is 0. The molecule has 0 amide bonds. The summed E-state index contributed by atoms with van der Waals surface area (Å²) in [4.78, 5) is 2.32. The van der Waals surface area contributed by atoms with Crippen LogP contribution >= 0.6 is 0 Å². The van der Waals surface area contributed by atoms with E-state index in [9.17, 15) is 0 Å². The summed E-state index contributed by atoms with van der Waals surface area (Å²) < 4.78 is 4.80. The predicted octanol–water partition coefficient (Wildman–Crippen LogP) is 1.20. The van der Waals surface area contributed by atoms with Crippen LogP contribution in [-0.4, -0.2) is 31.6 Å². The molecule has 3 heteroatoms. The van der Waals surface area contributed by atoms with Crippen LogP contribution < -0.4 is 0 Å². The molecule has 0 bridgehead atoms. The molecular weight excluding hydrogens is 295 g/mol. The molecule has 1 heterocycles. The third kappa shape index (κ3) is 5.40. The van der Waals surface area contributed by atoms with Crippen molar-refractivity contribution >= 4 is 0 Å². The van der Waals surface area contributed by atoms with Crippen molar-refractivity contribution in [3.05, 3.63) is 14.5 Å². The van der Waals surface area contributed by atoms with E-state index in [4.69, 9.17) is 4.74 Å². The molecule has 11 heavy (non-hydrogen) atoms. The van der Waals surface area contributed by atoms with Gasteiger partial charge in [0.15, 0.2) is 0 Å². The molecule has 1 fully saturated rings. The molecule has 0 N–H and O–H groups in total. The van der Waals surface area contributed by atoms with E-state index in [2.05, 4.69) is 19.1 Å². The maximum absolute atomic E-state index is 4.80. The summed E-state index contributed by atoms with van der Waals surface area (Å²) in [6, 6.07) is 0. The van der Waals surface area contributed by atoms with Crippen LogP contribution in [0, 0.1) is 57.3 Å². The zero-order chi connectivity index (χ0) is 6.69. The molecule has 1 aliphatic rings. The smallest absolute Gasteiger partial charge is 0.0152 e. The topological polar surface area (TPSA) is 12.5 Å². The molecule has 1 saturated heterocycles. The minimum absolute atomic E-state index is 0. The van der Waals surface area contributed by atoms with E-state index in [1.807, 2.05) is 0 Å². The van der Waals surface area contributed by atoms with E-state index in [0.29, 0.717) is 0 Å². The molecular formula is C8H17NOTm-2. The fourth-order valence-corrected chi connectivity index (χ4v) is 1.33. The SMILES string of the molecule is [CH2-]OCC1CCN(C)C1.[CH3-].[Tm]. The third-order valence-electron chi connectivity index (χ3n) is 1.84. The van der Waals surface area contributed by atoms with Crippen molar-refractivity contribution in [3.63, 3.8) is 0 Å². The van der Waals surface area contributed by atoms with Gasteiger partial charge in [-0.1, -0.05) is 0 Å². The minimum Gasteiger partial charge on any atom is -0.555 e. The Hall–Kier alpha value is 1.15. The predicted molar refractivity (Wildman–Crippen MR) is 43.3 cm³/mol. The van der Waals surface area contributed by atoms with Gasteiger partial charge in [-0.05, 0) is 25.9 Å². The molecule has 1 radical (unpaired) electrons. The van der Waals surface area contributed by atoms with Crippen LogP contribution in [0.5, 0.6) is 0 Å². The van der Waals surface area contributed by atoms with Crippen LogP contribution in [0.4, 0.5) is 0 Å². The van der Waals surface area contributed by atoms with Crippen LogP contribution in [-0.2, 0) is 4.74 Å². The summed E-state index contributed by atoms with van der Waals surface area (Å²) in [5.74, 6) is 0.729. The molecule has 75 valence electrons. The summed E-state index contributed by atoms with van der Waals surface area (Å²) in [6.45, 7) is 3.22. The van der Waals surface area contributed by atoms with Gasteiger partial charge in [0.2, 0.25) is 0 Å². The van der Waals surface area contributed by atoms with Gasteiger partial charge < -0.3 is 17.1 Å². The average Bonchev–Trinajstić information content (AvgIpc) is 2.17. The maximum Gasteiger partial charge on any atom is 0.0152 e. The first-order valence-electron chi connectivity index (χ1n) is 3.38. The van der Waals surface area contributed by atoms with Gasteiger partial charge in [-0.2, -0.15) is 0 Å². The molecule has 2 nitrogen and oxygen atoms in total. The van der Waals surface area contributed by atoms with E-state index in [-0.39, 0.29) is 44.3 Å². The van der Waals surface area contributed by atoms with E-state index in [0.717, 1.165) is 12.5 Å². The summed E-state index contributed by atoms with van der Waals surface area (Å²) >= 11 is 0. The largest absolute Gasteiger partial charge is 0.555 e. The zero-order valence-electron chi connectivity index (χ0n) is 7.25. The number of hydrogen-bond acceptors (Lipinski definition) is 2. The Labute approximate surface area is 99.5 Å². The van der Waals surface area contributed by atoms with Crippen LogP contribution in [0.2, 0.25) is 0 Å². The van der Waals surface area contributed by atoms with Crippen molar-refractivity contribution in [1.82, 2.24) is 4.90 Å². The van der Waals surface area contributed by atoms with Gasteiger partial charge in [-0.15, -0.1) is 0 Å². The molecule has 0 aliphatic carbocycles. The van der Waals surface area contributed by atoms with Crippen molar-refractivity contribution in [2.45, 2.75) is 6.42 Å². The zero-order valence-corrected chi connectivity index (χ0v) is 9.03. The van der Waals surface area contributed by atoms with Crippen LogP contribution in [0.25, 0.3) is 0 Å². The first kappa shape index (κ1) is 14.7. The quantitative estimate of drug-likeness (QED) is 0.711. The van der Waals surface area contributed by atoms with Gasteiger partial charge in [0.25, 0.3) is 0 Å². The number of likely N-dealkylation sites (tertiary alicyclic amines) is 1. The number of ether oxygens (including phenoxy) is 1. The molecule has 1 aliphatic heterocycles. The van der Waals surface area contributed by atoms with Gasteiger partial charge in [0.1, 0.15) is 0 Å². The van der Waals surface area contributed by atoms with Crippen molar-refractivity contribution in [2.75, 3.05) is 26.7 Å². The van der Waals surface area contributed by atoms with Gasteiger partial charge in [0, 0.05) is 50.0 Å². The Kier molecular flexibility index (Phi) is 10.4. The summed E-state index contributed by atoms with van der Waals surface area (Å²) in [5.41, 5.74) is 0. The second-order valence-corrected chi connectivity index (χ2v) is 2.79. The molecule has 0 spiro atoms. The molecule has 0 aromatic heterocycles. The van der Waals surface area contributed by atoms with E-state index in [1.54, 1.807) is 0 Å². The summed E-state index contributed by atoms with van der Waals surface area (Å²) in [7, 11) is 5.50. The molecule has 1 unspecified atom stereocenters. The molecule has 0 saturated carbocycles.